The Labute approximate surface area is 253 Å². The van der Waals surface area contributed by atoms with E-state index in [-0.39, 0.29) is 47.4 Å². The number of hydrogen-bond acceptors (Lipinski definition) is 8. The smallest absolute Gasteiger partial charge is 0.332 e. The summed E-state index contributed by atoms with van der Waals surface area (Å²) in [7, 11) is 2.89. The molecule has 0 saturated carbocycles. The van der Waals surface area contributed by atoms with Gasteiger partial charge in [-0.2, -0.15) is 5.10 Å². The monoisotopic (exact) mass is 604 g/mol. The predicted octanol–water partition coefficient (Wildman–Crippen LogP) is 5.19. The van der Waals surface area contributed by atoms with Crippen LogP contribution in [0.5, 0.6) is 11.5 Å². The summed E-state index contributed by atoms with van der Waals surface area (Å²) in [6.07, 6.45) is 1.40. The number of rotatable bonds is 10. The minimum Gasteiger partial charge on any atom is -0.459 e. The first-order chi connectivity index (χ1) is 21.0. The van der Waals surface area contributed by atoms with Gasteiger partial charge in [-0.3, -0.25) is 15.1 Å². The van der Waals surface area contributed by atoms with Crippen molar-refractivity contribution in [2.45, 2.75) is 32.8 Å². The summed E-state index contributed by atoms with van der Waals surface area (Å²) >= 11 is 0. The van der Waals surface area contributed by atoms with Crippen molar-refractivity contribution in [3.05, 3.63) is 89.6 Å². The van der Waals surface area contributed by atoms with Gasteiger partial charge in [0.1, 0.15) is 42.0 Å². The lowest BCUT2D eigenvalue weighted by molar-refractivity contribution is -0.149. The van der Waals surface area contributed by atoms with E-state index in [2.05, 4.69) is 20.9 Å². The van der Waals surface area contributed by atoms with Crippen molar-refractivity contribution in [2.75, 3.05) is 31.4 Å². The number of aromatic nitrogens is 3. The van der Waals surface area contributed by atoms with Crippen LogP contribution in [-0.2, 0) is 26.3 Å². The van der Waals surface area contributed by atoms with Gasteiger partial charge in [0.2, 0.25) is 0 Å². The molecule has 0 unspecified atom stereocenters. The molecule has 12 nitrogen and oxygen atoms in total. The van der Waals surface area contributed by atoms with E-state index in [4.69, 9.17) is 19.3 Å². The molecule has 44 heavy (non-hydrogen) atoms. The van der Waals surface area contributed by atoms with Crippen LogP contribution in [0.1, 0.15) is 42.5 Å². The molecule has 4 rings (SSSR count). The number of carbonyl (C=O) groups excluding carboxylic acids is 3. The van der Waals surface area contributed by atoms with Crippen LogP contribution in [0.2, 0.25) is 0 Å². The molecule has 0 aliphatic carbocycles. The maximum atomic E-state index is 15.0. The molecule has 4 aromatic rings. The summed E-state index contributed by atoms with van der Waals surface area (Å²) in [5.41, 5.74) is 1.73. The minimum absolute atomic E-state index is 0.0298. The van der Waals surface area contributed by atoms with Crippen LogP contribution in [0.3, 0.4) is 0 Å². The second kappa shape index (κ2) is 13.8. The molecule has 230 valence electrons. The molecule has 2 aromatic heterocycles. The average Bonchev–Trinajstić information content (AvgIpc) is 3.42. The standard InChI is InChI=1S/C31H33FN6O6/c1-31(2,3)26-16-27(38(37-26)20-8-6-7-19(13-20)17-43-28(39)18-42-5)36-30(41)35-24-10-9-21(14-23(24)32)44-22-11-12-34-25(15-22)29(40)33-4/h6-16H,17-18H2,1-5H3,(H,33,40)(H2,35,36,41). The van der Waals surface area contributed by atoms with E-state index in [0.717, 1.165) is 6.07 Å². The number of nitrogens with one attached hydrogen (secondary N) is 3. The number of carbonyl (C=O) groups is 3. The first-order valence-electron chi connectivity index (χ1n) is 13.5. The van der Waals surface area contributed by atoms with Crippen LogP contribution in [0.4, 0.5) is 20.7 Å². The SMILES string of the molecule is CNC(=O)c1cc(Oc2ccc(NC(=O)Nc3cc(C(C)(C)C)nn3-c3cccc(COC(=O)COC)c3)c(F)c2)ccn1. The number of pyridine rings is 1. The number of esters is 1. The van der Waals surface area contributed by atoms with Gasteiger partial charge in [-0.15, -0.1) is 0 Å². The van der Waals surface area contributed by atoms with Gasteiger partial charge >= 0.3 is 12.0 Å². The number of hydrogen-bond donors (Lipinski definition) is 3. The molecule has 0 aliphatic heterocycles. The molecule has 2 heterocycles. The van der Waals surface area contributed by atoms with Gasteiger partial charge in [0.25, 0.3) is 5.91 Å². The fourth-order valence-electron chi connectivity index (χ4n) is 3.93. The van der Waals surface area contributed by atoms with Crippen LogP contribution in [0, 0.1) is 5.82 Å². The van der Waals surface area contributed by atoms with Crippen molar-refractivity contribution in [3.8, 4) is 17.2 Å². The zero-order valence-electron chi connectivity index (χ0n) is 24.9. The van der Waals surface area contributed by atoms with Crippen molar-refractivity contribution in [1.82, 2.24) is 20.1 Å². The zero-order valence-corrected chi connectivity index (χ0v) is 24.9. The highest BCUT2D eigenvalue weighted by Gasteiger charge is 2.22. The summed E-state index contributed by atoms with van der Waals surface area (Å²) in [4.78, 5) is 40.5. The second-order valence-corrected chi connectivity index (χ2v) is 10.6. The van der Waals surface area contributed by atoms with Crippen molar-refractivity contribution < 1.29 is 33.0 Å². The Balaban J connectivity index is 1.50. The van der Waals surface area contributed by atoms with Crippen LogP contribution < -0.4 is 20.7 Å². The number of methoxy groups -OCH3 is 1. The summed E-state index contributed by atoms with van der Waals surface area (Å²) in [6, 6.07) is 15.1. The Morgan fingerprint density at radius 1 is 0.977 bits per heavy atom. The number of urea groups is 1. The first kappa shape index (κ1) is 31.6. The van der Waals surface area contributed by atoms with Gasteiger partial charge in [0, 0.05) is 44.0 Å². The maximum Gasteiger partial charge on any atom is 0.332 e. The number of anilines is 2. The van der Waals surface area contributed by atoms with E-state index in [1.165, 1.54) is 44.6 Å². The van der Waals surface area contributed by atoms with Crippen molar-refractivity contribution in [3.63, 3.8) is 0 Å². The maximum absolute atomic E-state index is 15.0. The van der Waals surface area contributed by atoms with E-state index in [9.17, 15) is 18.8 Å². The quantitative estimate of drug-likeness (QED) is 0.210. The fourth-order valence-corrected chi connectivity index (χ4v) is 3.93. The largest absolute Gasteiger partial charge is 0.459 e. The minimum atomic E-state index is -0.738. The third kappa shape index (κ3) is 8.16. The lowest BCUT2D eigenvalue weighted by atomic mass is 9.92. The first-order valence-corrected chi connectivity index (χ1v) is 13.5. The molecule has 0 saturated heterocycles. The van der Waals surface area contributed by atoms with Gasteiger partial charge in [0.05, 0.1) is 17.1 Å². The molecular weight excluding hydrogens is 571 g/mol. The van der Waals surface area contributed by atoms with Crippen LogP contribution >= 0.6 is 0 Å². The van der Waals surface area contributed by atoms with Crippen LogP contribution in [0.15, 0.2) is 66.9 Å². The molecular formula is C31H33FN6O6. The van der Waals surface area contributed by atoms with E-state index >= 15 is 0 Å². The summed E-state index contributed by atoms with van der Waals surface area (Å²) in [5.74, 6) is -0.840. The van der Waals surface area contributed by atoms with Crippen LogP contribution in [0.25, 0.3) is 5.69 Å². The number of benzene rings is 2. The van der Waals surface area contributed by atoms with E-state index in [0.29, 0.717) is 22.8 Å². The molecule has 0 spiro atoms. The summed E-state index contributed by atoms with van der Waals surface area (Å²) in [6.45, 7) is 5.83. The zero-order chi connectivity index (χ0) is 31.9. The summed E-state index contributed by atoms with van der Waals surface area (Å²) < 4.78 is 32.2. The molecule has 13 heteroatoms. The molecule has 0 fully saturated rings. The highest BCUT2D eigenvalue weighted by molar-refractivity contribution is 5.99. The van der Waals surface area contributed by atoms with Gasteiger partial charge in [-0.05, 0) is 35.9 Å². The third-order valence-corrected chi connectivity index (χ3v) is 6.15. The molecule has 0 atom stereocenters. The van der Waals surface area contributed by atoms with Gasteiger partial charge in [-0.1, -0.05) is 32.9 Å². The molecule has 3 N–H and O–H groups in total. The second-order valence-electron chi connectivity index (χ2n) is 10.6. The average molecular weight is 605 g/mol. The van der Waals surface area contributed by atoms with Crippen molar-refractivity contribution in [1.29, 1.82) is 0 Å². The number of amides is 3. The Morgan fingerprint density at radius 3 is 2.45 bits per heavy atom. The Morgan fingerprint density at radius 2 is 1.75 bits per heavy atom. The highest BCUT2D eigenvalue weighted by Crippen LogP contribution is 2.28. The molecule has 0 aliphatic rings. The third-order valence-electron chi connectivity index (χ3n) is 6.15. The normalized spacial score (nSPS) is 11.0. The molecule has 2 aromatic carbocycles. The van der Waals surface area contributed by atoms with Crippen LogP contribution in [-0.4, -0.2) is 53.4 Å². The molecule has 3 amide bonds. The number of ether oxygens (including phenoxy) is 3. The van der Waals surface area contributed by atoms with E-state index < -0.39 is 17.8 Å². The molecule has 0 bridgehead atoms. The predicted molar refractivity (Wildman–Crippen MR) is 161 cm³/mol. The summed E-state index contributed by atoms with van der Waals surface area (Å²) in [5, 5.41) is 12.4. The fraction of sp³-hybridized carbons (Fsp3) is 0.258. The lowest BCUT2D eigenvalue weighted by Crippen LogP contribution is -2.22. The van der Waals surface area contributed by atoms with Gasteiger partial charge in [-0.25, -0.2) is 18.7 Å². The molecule has 0 radical (unpaired) electrons. The van der Waals surface area contributed by atoms with Crippen molar-refractivity contribution >= 4 is 29.4 Å². The number of halogens is 1. The van der Waals surface area contributed by atoms with Gasteiger partial charge in [0.15, 0.2) is 0 Å². The van der Waals surface area contributed by atoms with E-state index in [1.807, 2.05) is 20.8 Å². The van der Waals surface area contributed by atoms with Gasteiger partial charge < -0.3 is 24.8 Å². The lowest BCUT2D eigenvalue weighted by Gasteiger charge is -2.14. The van der Waals surface area contributed by atoms with Crippen molar-refractivity contribution in [2.24, 2.45) is 0 Å². The Hall–Kier alpha value is -5.30. The topological polar surface area (TPSA) is 146 Å². The van der Waals surface area contributed by atoms with E-state index in [1.54, 1.807) is 35.0 Å². The Kier molecular flexibility index (Phi) is 9.91. The highest BCUT2D eigenvalue weighted by atomic mass is 19.1. The Bertz CT molecular complexity index is 1670. The number of nitrogens with zero attached hydrogens (tertiary/aromatic N) is 3.